The molecule has 108 valence electrons. The van der Waals surface area contributed by atoms with Crippen LogP contribution in [-0.4, -0.2) is 17.0 Å². The quantitative estimate of drug-likeness (QED) is 0.906. The van der Waals surface area contributed by atoms with Crippen LogP contribution in [0.1, 0.15) is 33.2 Å². The fourth-order valence-corrected chi connectivity index (χ4v) is 1.86. The topological polar surface area (TPSA) is 66.4 Å². The summed E-state index contributed by atoms with van der Waals surface area (Å²) in [6.45, 7) is 2.02. The molecule has 0 unspecified atom stereocenters. The van der Waals surface area contributed by atoms with Crippen LogP contribution >= 0.6 is 0 Å². The fraction of sp³-hybridized carbons (Fsp3) is 0.125. The number of hydrogen-bond acceptors (Lipinski definition) is 2. The molecule has 0 aliphatic carbocycles. The Morgan fingerprint density at radius 3 is 2.33 bits per heavy atom. The van der Waals surface area contributed by atoms with Crippen molar-refractivity contribution in [1.29, 1.82) is 0 Å². The molecule has 0 aliphatic heterocycles. The summed E-state index contributed by atoms with van der Waals surface area (Å²) < 4.78 is 13.5. The summed E-state index contributed by atoms with van der Waals surface area (Å²) in [4.78, 5) is 22.7. The van der Waals surface area contributed by atoms with Gasteiger partial charge in [0.05, 0.1) is 5.56 Å². The van der Waals surface area contributed by atoms with Gasteiger partial charge in [-0.15, -0.1) is 0 Å². The van der Waals surface area contributed by atoms with Crippen molar-refractivity contribution in [2.24, 2.45) is 0 Å². The van der Waals surface area contributed by atoms with Crippen molar-refractivity contribution in [3.8, 4) is 0 Å². The Labute approximate surface area is 121 Å². The maximum Gasteiger partial charge on any atom is 0.338 e. The number of carbonyl (C=O) groups excluding carboxylic acids is 1. The largest absolute Gasteiger partial charge is 0.478 e. The lowest BCUT2D eigenvalue weighted by Crippen LogP contribution is -2.12. The molecule has 2 aromatic carbocycles. The van der Waals surface area contributed by atoms with Crippen LogP contribution in [0.2, 0.25) is 0 Å². The maximum absolute atomic E-state index is 13.5. The smallest absolute Gasteiger partial charge is 0.338 e. The van der Waals surface area contributed by atoms with Gasteiger partial charge in [-0.3, -0.25) is 4.79 Å². The van der Waals surface area contributed by atoms with Gasteiger partial charge in [-0.2, -0.15) is 0 Å². The van der Waals surface area contributed by atoms with Crippen LogP contribution in [0.4, 0.5) is 10.1 Å². The van der Waals surface area contributed by atoms with E-state index in [4.69, 9.17) is 5.11 Å². The van der Waals surface area contributed by atoms with Gasteiger partial charge in [0.25, 0.3) is 5.91 Å². The first-order valence-corrected chi connectivity index (χ1v) is 6.44. The van der Waals surface area contributed by atoms with Gasteiger partial charge in [-0.25, -0.2) is 9.18 Å². The Morgan fingerprint density at radius 1 is 1.14 bits per heavy atom. The zero-order valence-corrected chi connectivity index (χ0v) is 11.4. The number of aryl methyl sites for hydroxylation is 1. The standard InChI is InChI=1S/C16H14FNO3/c1-2-10-3-5-11(6-4-10)15(19)18-12-7-8-13(16(20)21)14(17)9-12/h3-9H,2H2,1H3,(H,18,19)(H,20,21). The molecular weight excluding hydrogens is 273 g/mol. The monoisotopic (exact) mass is 287 g/mol. The predicted molar refractivity (Wildman–Crippen MR) is 77.1 cm³/mol. The second kappa shape index (κ2) is 6.17. The molecule has 0 radical (unpaired) electrons. The lowest BCUT2D eigenvalue weighted by Gasteiger charge is -2.07. The molecule has 0 bridgehead atoms. The number of hydrogen-bond donors (Lipinski definition) is 2. The number of rotatable bonds is 4. The molecule has 0 aromatic heterocycles. The number of carbonyl (C=O) groups is 2. The second-order valence-electron chi connectivity index (χ2n) is 4.50. The summed E-state index contributed by atoms with van der Waals surface area (Å²) in [5, 5.41) is 11.3. The van der Waals surface area contributed by atoms with Crippen molar-refractivity contribution in [1.82, 2.24) is 0 Å². The minimum Gasteiger partial charge on any atom is -0.478 e. The molecule has 0 heterocycles. The van der Waals surface area contributed by atoms with Crippen molar-refractivity contribution in [3.63, 3.8) is 0 Å². The van der Waals surface area contributed by atoms with Gasteiger partial charge in [0, 0.05) is 11.3 Å². The first-order chi connectivity index (χ1) is 10.0. The molecular formula is C16H14FNO3. The number of amides is 1. The van der Waals surface area contributed by atoms with Gasteiger partial charge in [0.2, 0.25) is 0 Å². The van der Waals surface area contributed by atoms with Crippen molar-refractivity contribution < 1.29 is 19.1 Å². The molecule has 0 atom stereocenters. The Kier molecular flexibility index (Phi) is 4.33. The van der Waals surface area contributed by atoms with Gasteiger partial charge in [0.15, 0.2) is 0 Å². The molecule has 0 saturated heterocycles. The average Bonchev–Trinajstić information content (AvgIpc) is 2.47. The maximum atomic E-state index is 13.5. The molecule has 0 saturated carbocycles. The van der Waals surface area contributed by atoms with E-state index in [1.165, 1.54) is 6.07 Å². The number of nitrogens with one attached hydrogen (secondary N) is 1. The van der Waals surface area contributed by atoms with Gasteiger partial charge in [-0.1, -0.05) is 19.1 Å². The summed E-state index contributed by atoms with van der Waals surface area (Å²) in [5.74, 6) is -2.61. The van der Waals surface area contributed by atoms with E-state index in [1.54, 1.807) is 12.1 Å². The van der Waals surface area contributed by atoms with Crippen molar-refractivity contribution in [2.45, 2.75) is 13.3 Å². The molecule has 2 aromatic rings. The lowest BCUT2D eigenvalue weighted by molar-refractivity contribution is 0.0692. The minimum absolute atomic E-state index is 0.210. The number of carboxylic acids is 1. The van der Waals surface area contributed by atoms with Gasteiger partial charge in [0.1, 0.15) is 5.82 Å². The number of anilines is 1. The highest BCUT2D eigenvalue weighted by atomic mass is 19.1. The van der Waals surface area contributed by atoms with Crippen LogP contribution in [0.5, 0.6) is 0 Å². The van der Waals surface area contributed by atoms with E-state index >= 15 is 0 Å². The predicted octanol–water partition coefficient (Wildman–Crippen LogP) is 3.34. The second-order valence-corrected chi connectivity index (χ2v) is 4.50. The summed E-state index contributed by atoms with van der Waals surface area (Å²) in [6.07, 6.45) is 0.879. The number of carboxylic acid groups (broad SMARTS) is 1. The Hall–Kier alpha value is -2.69. The van der Waals surface area contributed by atoms with Crippen molar-refractivity contribution in [3.05, 3.63) is 65.0 Å². The van der Waals surface area contributed by atoms with Crippen molar-refractivity contribution >= 4 is 17.6 Å². The van der Waals surface area contributed by atoms with Crippen LogP contribution in [0.25, 0.3) is 0 Å². The lowest BCUT2D eigenvalue weighted by atomic mass is 10.1. The van der Waals surface area contributed by atoms with Crippen LogP contribution in [0.3, 0.4) is 0 Å². The Bertz CT molecular complexity index is 680. The van der Waals surface area contributed by atoms with E-state index in [0.29, 0.717) is 5.56 Å². The van der Waals surface area contributed by atoms with Gasteiger partial charge in [-0.05, 0) is 42.3 Å². The molecule has 1 amide bonds. The molecule has 2 N–H and O–H groups in total. The van der Waals surface area contributed by atoms with Gasteiger partial charge >= 0.3 is 5.97 Å². The van der Waals surface area contributed by atoms with Crippen LogP contribution in [0.15, 0.2) is 42.5 Å². The van der Waals surface area contributed by atoms with E-state index in [-0.39, 0.29) is 11.6 Å². The number of halogens is 1. The zero-order valence-electron chi connectivity index (χ0n) is 11.4. The third kappa shape index (κ3) is 3.45. The fourth-order valence-electron chi connectivity index (χ4n) is 1.86. The highest BCUT2D eigenvalue weighted by molar-refractivity contribution is 6.04. The molecule has 0 fully saturated rings. The first-order valence-electron chi connectivity index (χ1n) is 6.44. The Balaban J connectivity index is 2.15. The average molecular weight is 287 g/mol. The third-order valence-corrected chi connectivity index (χ3v) is 3.08. The van der Waals surface area contributed by atoms with Crippen LogP contribution in [-0.2, 0) is 6.42 Å². The van der Waals surface area contributed by atoms with Gasteiger partial charge < -0.3 is 10.4 Å². The minimum atomic E-state index is -1.35. The number of benzene rings is 2. The van der Waals surface area contributed by atoms with E-state index in [0.717, 1.165) is 24.1 Å². The van der Waals surface area contributed by atoms with E-state index in [2.05, 4.69) is 5.32 Å². The third-order valence-electron chi connectivity index (χ3n) is 3.08. The van der Waals surface area contributed by atoms with Crippen molar-refractivity contribution in [2.75, 3.05) is 5.32 Å². The molecule has 0 spiro atoms. The van der Waals surface area contributed by atoms with E-state index in [9.17, 15) is 14.0 Å². The molecule has 21 heavy (non-hydrogen) atoms. The highest BCUT2D eigenvalue weighted by Crippen LogP contribution is 2.16. The molecule has 5 heteroatoms. The molecule has 4 nitrogen and oxygen atoms in total. The van der Waals surface area contributed by atoms with Crippen LogP contribution < -0.4 is 5.32 Å². The Morgan fingerprint density at radius 2 is 1.81 bits per heavy atom. The van der Waals surface area contributed by atoms with E-state index < -0.39 is 17.3 Å². The summed E-state index contributed by atoms with van der Waals surface area (Å²) in [5.41, 5.74) is 1.35. The summed E-state index contributed by atoms with van der Waals surface area (Å²) in [6, 6.07) is 10.5. The zero-order chi connectivity index (χ0) is 15.4. The van der Waals surface area contributed by atoms with E-state index in [1.807, 2.05) is 19.1 Å². The molecule has 2 rings (SSSR count). The summed E-state index contributed by atoms with van der Waals surface area (Å²) >= 11 is 0. The highest BCUT2D eigenvalue weighted by Gasteiger charge is 2.12. The van der Waals surface area contributed by atoms with Crippen LogP contribution in [0, 0.1) is 5.82 Å². The molecule has 0 aliphatic rings. The summed E-state index contributed by atoms with van der Waals surface area (Å²) in [7, 11) is 0. The first kappa shape index (κ1) is 14.7. The number of aromatic carboxylic acids is 1. The normalized spacial score (nSPS) is 10.2. The SMILES string of the molecule is CCc1ccc(C(=O)Nc2ccc(C(=O)O)c(F)c2)cc1.